The summed E-state index contributed by atoms with van der Waals surface area (Å²) in [6.07, 6.45) is 5.25. The lowest BCUT2D eigenvalue weighted by Crippen LogP contribution is -2.48. The Labute approximate surface area is 137 Å². The molecule has 0 spiro atoms. The first-order valence-corrected chi connectivity index (χ1v) is 8.20. The van der Waals surface area contributed by atoms with Crippen LogP contribution in [0.25, 0.3) is 0 Å². The lowest BCUT2D eigenvalue weighted by atomic mass is 9.84. The minimum Gasteiger partial charge on any atom is -0.472 e. The Hall–Kier alpha value is -1.82. The van der Waals surface area contributed by atoms with Gasteiger partial charge in [-0.1, -0.05) is 13.8 Å². The maximum absolute atomic E-state index is 12.0. The first-order valence-electron chi connectivity index (χ1n) is 8.20. The third-order valence-electron chi connectivity index (χ3n) is 4.23. The highest BCUT2D eigenvalue weighted by molar-refractivity contribution is 5.97. The predicted octanol–water partition coefficient (Wildman–Crippen LogP) is 1.64. The smallest absolute Gasteiger partial charge is 0.255 e. The van der Waals surface area contributed by atoms with Crippen molar-refractivity contribution < 1.29 is 14.0 Å². The fourth-order valence-corrected chi connectivity index (χ4v) is 2.97. The Bertz CT molecular complexity index is 525. The van der Waals surface area contributed by atoms with E-state index in [1.54, 1.807) is 13.0 Å². The van der Waals surface area contributed by atoms with Gasteiger partial charge in [0, 0.05) is 19.6 Å². The van der Waals surface area contributed by atoms with Crippen LogP contribution in [0, 0.1) is 5.41 Å². The summed E-state index contributed by atoms with van der Waals surface area (Å²) in [5.74, 6) is -0.475. The maximum Gasteiger partial charge on any atom is 0.255 e. The second-order valence-corrected chi connectivity index (χ2v) is 7.04. The molecule has 2 heterocycles. The van der Waals surface area contributed by atoms with Crippen LogP contribution < -0.4 is 10.6 Å². The molecule has 1 aromatic rings. The van der Waals surface area contributed by atoms with Gasteiger partial charge in [-0.3, -0.25) is 9.59 Å². The van der Waals surface area contributed by atoms with Crippen molar-refractivity contribution in [1.29, 1.82) is 0 Å². The molecule has 0 aliphatic carbocycles. The SMILES string of the molecule is CC(NC(=O)c1ccoc1)C(=O)NCCN1CCCC(C)(C)C1. The van der Waals surface area contributed by atoms with E-state index in [1.165, 1.54) is 25.4 Å². The highest BCUT2D eigenvalue weighted by atomic mass is 16.3. The molecule has 2 rings (SSSR count). The Morgan fingerprint density at radius 2 is 2.22 bits per heavy atom. The fraction of sp³-hybridized carbons (Fsp3) is 0.647. The minimum absolute atomic E-state index is 0.168. The first kappa shape index (κ1) is 17.5. The number of nitrogens with one attached hydrogen (secondary N) is 2. The van der Waals surface area contributed by atoms with Crippen molar-refractivity contribution in [1.82, 2.24) is 15.5 Å². The van der Waals surface area contributed by atoms with Crippen LogP contribution in [0.5, 0.6) is 0 Å². The zero-order valence-electron chi connectivity index (χ0n) is 14.2. The monoisotopic (exact) mass is 321 g/mol. The van der Waals surface area contributed by atoms with E-state index in [-0.39, 0.29) is 11.8 Å². The number of likely N-dealkylation sites (tertiary alicyclic amines) is 1. The average Bonchev–Trinajstić information content (AvgIpc) is 3.00. The summed E-state index contributed by atoms with van der Waals surface area (Å²) in [7, 11) is 0. The molecular formula is C17H27N3O3. The topological polar surface area (TPSA) is 74.6 Å². The van der Waals surface area contributed by atoms with Gasteiger partial charge in [-0.25, -0.2) is 0 Å². The summed E-state index contributed by atoms with van der Waals surface area (Å²) in [5, 5.41) is 5.55. The Kier molecular flexibility index (Phi) is 5.82. The molecule has 23 heavy (non-hydrogen) atoms. The van der Waals surface area contributed by atoms with E-state index >= 15 is 0 Å². The molecule has 1 unspecified atom stereocenters. The van der Waals surface area contributed by atoms with Crippen LogP contribution in [0.1, 0.15) is 44.0 Å². The van der Waals surface area contributed by atoms with Gasteiger partial charge < -0.3 is 20.0 Å². The lowest BCUT2D eigenvalue weighted by Gasteiger charge is -2.38. The Morgan fingerprint density at radius 1 is 1.43 bits per heavy atom. The van der Waals surface area contributed by atoms with Crippen molar-refractivity contribution in [2.75, 3.05) is 26.2 Å². The summed E-state index contributed by atoms with van der Waals surface area (Å²) >= 11 is 0. The van der Waals surface area contributed by atoms with Gasteiger partial charge in [0.2, 0.25) is 5.91 Å². The van der Waals surface area contributed by atoms with E-state index in [0.717, 1.165) is 19.6 Å². The molecule has 1 aromatic heterocycles. The van der Waals surface area contributed by atoms with Crippen LogP contribution >= 0.6 is 0 Å². The van der Waals surface area contributed by atoms with Crippen LogP contribution in [0.2, 0.25) is 0 Å². The summed E-state index contributed by atoms with van der Waals surface area (Å²) in [6, 6.07) is 0.994. The van der Waals surface area contributed by atoms with Crippen molar-refractivity contribution in [3.05, 3.63) is 24.2 Å². The number of hydrogen-bond donors (Lipinski definition) is 2. The lowest BCUT2D eigenvalue weighted by molar-refractivity contribution is -0.122. The first-order chi connectivity index (χ1) is 10.9. The zero-order valence-corrected chi connectivity index (χ0v) is 14.2. The summed E-state index contributed by atoms with van der Waals surface area (Å²) in [6.45, 7) is 9.84. The normalized spacial score (nSPS) is 19.1. The molecule has 1 aliphatic rings. The molecule has 2 amide bonds. The van der Waals surface area contributed by atoms with E-state index < -0.39 is 6.04 Å². The molecule has 0 bridgehead atoms. The highest BCUT2D eigenvalue weighted by Gasteiger charge is 2.26. The Balaban J connectivity index is 1.69. The molecule has 0 aromatic carbocycles. The molecule has 1 fully saturated rings. The van der Waals surface area contributed by atoms with Crippen LogP contribution in [0.4, 0.5) is 0 Å². The molecule has 1 aliphatic heterocycles. The molecule has 128 valence electrons. The van der Waals surface area contributed by atoms with Crippen LogP contribution in [-0.2, 0) is 4.79 Å². The predicted molar refractivity (Wildman–Crippen MR) is 88.1 cm³/mol. The molecular weight excluding hydrogens is 294 g/mol. The van der Waals surface area contributed by atoms with E-state index in [4.69, 9.17) is 4.42 Å². The molecule has 0 radical (unpaired) electrons. The minimum atomic E-state index is -0.574. The number of piperidine rings is 1. The van der Waals surface area contributed by atoms with E-state index in [1.807, 2.05) is 0 Å². The molecule has 0 saturated carbocycles. The Morgan fingerprint density at radius 3 is 2.87 bits per heavy atom. The van der Waals surface area contributed by atoms with Crippen LogP contribution in [-0.4, -0.2) is 48.9 Å². The number of nitrogens with zero attached hydrogens (tertiary/aromatic N) is 1. The third-order valence-corrected chi connectivity index (χ3v) is 4.23. The summed E-state index contributed by atoms with van der Waals surface area (Å²) < 4.78 is 4.86. The van der Waals surface area contributed by atoms with Crippen LogP contribution in [0.3, 0.4) is 0 Å². The van der Waals surface area contributed by atoms with Gasteiger partial charge in [0.05, 0.1) is 11.8 Å². The van der Waals surface area contributed by atoms with E-state index in [2.05, 4.69) is 29.4 Å². The van der Waals surface area contributed by atoms with Gasteiger partial charge in [-0.15, -0.1) is 0 Å². The quantitative estimate of drug-likeness (QED) is 0.835. The van der Waals surface area contributed by atoms with Gasteiger partial charge in [-0.2, -0.15) is 0 Å². The van der Waals surface area contributed by atoms with Crippen molar-refractivity contribution in [3.8, 4) is 0 Å². The fourth-order valence-electron chi connectivity index (χ4n) is 2.97. The van der Waals surface area contributed by atoms with Gasteiger partial charge in [0.15, 0.2) is 0 Å². The summed E-state index contributed by atoms with van der Waals surface area (Å²) in [5.41, 5.74) is 0.772. The number of hydrogen-bond acceptors (Lipinski definition) is 4. The number of rotatable bonds is 6. The van der Waals surface area contributed by atoms with Crippen molar-refractivity contribution in [3.63, 3.8) is 0 Å². The maximum atomic E-state index is 12.0. The second-order valence-electron chi connectivity index (χ2n) is 7.04. The van der Waals surface area contributed by atoms with Gasteiger partial charge in [-0.05, 0) is 37.8 Å². The highest BCUT2D eigenvalue weighted by Crippen LogP contribution is 2.27. The number of amides is 2. The summed E-state index contributed by atoms with van der Waals surface area (Å²) in [4.78, 5) is 26.3. The van der Waals surface area contributed by atoms with Gasteiger partial charge in [0.25, 0.3) is 5.91 Å². The van der Waals surface area contributed by atoms with E-state index in [9.17, 15) is 9.59 Å². The largest absolute Gasteiger partial charge is 0.472 e. The second kappa shape index (κ2) is 7.64. The standard InChI is InChI=1S/C17H27N3O3/c1-13(19-16(22)14-5-10-23-11-14)15(21)18-7-9-20-8-4-6-17(2,3)12-20/h5,10-11,13H,4,6-9,12H2,1-3H3,(H,18,21)(H,19,22). The van der Waals surface area contributed by atoms with Crippen molar-refractivity contribution >= 4 is 11.8 Å². The molecule has 1 saturated heterocycles. The average molecular weight is 321 g/mol. The molecule has 6 nitrogen and oxygen atoms in total. The van der Waals surface area contributed by atoms with Crippen molar-refractivity contribution in [2.24, 2.45) is 5.41 Å². The number of carbonyl (C=O) groups is 2. The number of carbonyl (C=O) groups excluding carboxylic acids is 2. The van der Waals surface area contributed by atoms with Crippen LogP contribution in [0.15, 0.2) is 23.0 Å². The third kappa shape index (κ3) is 5.39. The van der Waals surface area contributed by atoms with E-state index in [0.29, 0.717) is 17.5 Å². The van der Waals surface area contributed by atoms with Gasteiger partial charge >= 0.3 is 0 Å². The molecule has 1 atom stereocenters. The molecule has 2 N–H and O–H groups in total. The van der Waals surface area contributed by atoms with Crippen molar-refractivity contribution in [2.45, 2.75) is 39.7 Å². The molecule has 6 heteroatoms. The number of furan rings is 1. The zero-order chi connectivity index (χ0) is 16.9. The van der Waals surface area contributed by atoms with Gasteiger partial charge in [0.1, 0.15) is 12.3 Å².